The van der Waals surface area contributed by atoms with E-state index in [1.165, 1.54) is 29.7 Å². The summed E-state index contributed by atoms with van der Waals surface area (Å²) in [4.78, 5) is 26.3. The van der Waals surface area contributed by atoms with Crippen LogP contribution in [0.1, 0.15) is 34.1 Å². The van der Waals surface area contributed by atoms with Gasteiger partial charge in [-0.2, -0.15) is 0 Å². The molecule has 1 amide bonds. The van der Waals surface area contributed by atoms with Crippen molar-refractivity contribution >= 4 is 32.0 Å². The van der Waals surface area contributed by atoms with Gasteiger partial charge in [0.15, 0.2) is 14.0 Å². The minimum Gasteiger partial charge on any atom is -0.510 e. The topological polar surface area (TPSA) is 76.1 Å². The predicted octanol–water partition coefficient (Wildman–Crippen LogP) is 4.06. The number of aliphatic hydroxyl groups excluding tert-OH is 1. The van der Waals surface area contributed by atoms with Crippen molar-refractivity contribution in [3.8, 4) is 0 Å². The van der Waals surface area contributed by atoms with E-state index < -0.39 is 14.3 Å². The molecule has 1 fully saturated rings. The second-order valence-electron chi connectivity index (χ2n) is 8.16. The number of hydrogen-bond acceptors (Lipinski definition) is 6. The van der Waals surface area contributed by atoms with Crippen molar-refractivity contribution < 1.29 is 23.9 Å². The number of carbonyl (C=O) groups excluding carboxylic acids is 2. The molecule has 1 rings (SSSR count). The third kappa shape index (κ3) is 5.39. The van der Waals surface area contributed by atoms with E-state index in [9.17, 15) is 14.7 Å². The molecule has 2 atom stereocenters. The van der Waals surface area contributed by atoms with Crippen LogP contribution in [0.15, 0.2) is 24.1 Å². The van der Waals surface area contributed by atoms with Crippen LogP contribution in [-0.2, 0) is 18.8 Å². The molecule has 0 saturated carbocycles. The molecule has 0 bridgehead atoms. The van der Waals surface area contributed by atoms with E-state index >= 15 is 0 Å². The molecule has 154 valence electrons. The lowest BCUT2D eigenvalue weighted by Gasteiger charge is -2.47. The summed E-state index contributed by atoms with van der Waals surface area (Å²) in [6.45, 7) is 16.3. The van der Waals surface area contributed by atoms with Crippen LogP contribution in [-0.4, -0.2) is 55.0 Å². The van der Waals surface area contributed by atoms with Crippen LogP contribution < -0.4 is 0 Å². The maximum atomic E-state index is 12.7. The van der Waals surface area contributed by atoms with Gasteiger partial charge < -0.3 is 14.3 Å². The van der Waals surface area contributed by atoms with E-state index in [1.807, 2.05) is 6.26 Å². The molecular weight excluding hydrogens is 382 g/mol. The van der Waals surface area contributed by atoms with Gasteiger partial charge in [0, 0.05) is 6.61 Å². The molecule has 1 aliphatic rings. The molecular formula is C19H33NO5SSi. The predicted molar refractivity (Wildman–Crippen MR) is 112 cm³/mol. The third-order valence-corrected chi connectivity index (χ3v) is 10.8. The maximum Gasteiger partial charge on any atom is 0.358 e. The number of β-lactam (4-membered cyclic amide) rings is 1. The summed E-state index contributed by atoms with van der Waals surface area (Å²) in [5.41, 5.74) is -0.0947. The summed E-state index contributed by atoms with van der Waals surface area (Å²) >= 11 is 1.47. The molecule has 0 aliphatic carbocycles. The molecule has 1 heterocycles. The van der Waals surface area contributed by atoms with Gasteiger partial charge in [-0.1, -0.05) is 33.4 Å². The smallest absolute Gasteiger partial charge is 0.358 e. The van der Waals surface area contributed by atoms with Crippen molar-refractivity contribution in [2.45, 2.75) is 57.6 Å². The summed E-state index contributed by atoms with van der Waals surface area (Å²) in [6.07, 6.45) is 3.91. The Balaban J connectivity index is 2.81. The first-order valence-electron chi connectivity index (χ1n) is 9.06. The van der Waals surface area contributed by atoms with Crippen molar-refractivity contribution in [2.75, 3.05) is 19.5 Å². The van der Waals surface area contributed by atoms with Gasteiger partial charge in [0.25, 0.3) is 0 Å². The Bertz CT molecular complexity index is 608. The Morgan fingerprint density at radius 2 is 2.00 bits per heavy atom. The summed E-state index contributed by atoms with van der Waals surface area (Å²) in [6, 6.07) is 0. The van der Waals surface area contributed by atoms with Crippen molar-refractivity contribution in [3.05, 3.63) is 24.1 Å². The number of allylic oxidation sites excluding steroid dienone is 1. The quantitative estimate of drug-likeness (QED) is 0.153. The fourth-order valence-corrected chi connectivity index (χ4v) is 4.64. The number of esters is 1. The van der Waals surface area contributed by atoms with Gasteiger partial charge in [0.05, 0.1) is 11.3 Å². The number of carbonyl (C=O) groups is 2. The van der Waals surface area contributed by atoms with Crippen LogP contribution in [0, 0.1) is 5.92 Å². The zero-order valence-corrected chi connectivity index (χ0v) is 19.3. The Morgan fingerprint density at radius 3 is 2.44 bits per heavy atom. The normalized spacial score (nSPS) is 21.4. The molecule has 0 spiro atoms. The zero-order chi connectivity index (χ0) is 21.0. The van der Waals surface area contributed by atoms with Gasteiger partial charge in [-0.25, -0.2) is 4.79 Å². The molecule has 27 heavy (non-hydrogen) atoms. The van der Waals surface area contributed by atoms with E-state index in [-0.39, 0.29) is 40.3 Å². The average molecular weight is 416 g/mol. The van der Waals surface area contributed by atoms with Crippen molar-refractivity contribution in [1.29, 1.82) is 0 Å². The lowest BCUT2D eigenvalue weighted by Crippen LogP contribution is -2.60. The fraction of sp³-hybridized carbons (Fsp3) is 0.684. The van der Waals surface area contributed by atoms with Gasteiger partial charge in [-0.05, 0) is 37.7 Å². The molecule has 8 heteroatoms. The highest BCUT2D eigenvalue weighted by Crippen LogP contribution is 2.41. The first-order valence-corrected chi connectivity index (χ1v) is 13.3. The van der Waals surface area contributed by atoms with Gasteiger partial charge in [-0.15, -0.1) is 11.8 Å². The molecule has 0 unspecified atom stereocenters. The van der Waals surface area contributed by atoms with E-state index in [2.05, 4.69) is 40.4 Å². The van der Waals surface area contributed by atoms with Crippen LogP contribution in [0.5, 0.6) is 0 Å². The van der Waals surface area contributed by atoms with Crippen LogP contribution in [0.2, 0.25) is 18.1 Å². The standard InChI is InChI=1S/C19H33NO5SSi/c1-9-11-24-18(23)15(13(2)21)20-16(22)14(17(20)26-6)10-12-25-27(7,8)19(3,4)5/h9,14,17,21H,1,10-12H2,2-8H3/b15-13+/t14-,17+/m0/s1. The fourth-order valence-electron chi connectivity index (χ4n) is 2.58. The monoisotopic (exact) mass is 415 g/mol. The number of hydrogen-bond donors (Lipinski definition) is 1. The highest BCUT2D eigenvalue weighted by molar-refractivity contribution is 7.99. The highest BCUT2D eigenvalue weighted by Gasteiger charge is 2.51. The first-order chi connectivity index (χ1) is 12.4. The minimum atomic E-state index is -1.87. The van der Waals surface area contributed by atoms with Gasteiger partial charge >= 0.3 is 5.97 Å². The third-order valence-electron chi connectivity index (χ3n) is 5.20. The Labute approximate surface area is 168 Å². The summed E-state index contributed by atoms with van der Waals surface area (Å²) in [7, 11) is -1.87. The van der Waals surface area contributed by atoms with Crippen LogP contribution in [0.4, 0.5) is 0 Å². The van der Waals surface area contributed by atoms with Crippen molar-refractivity contribution in [3.63, 3.8) is 0 Å². The number of ether oxygens (including phenoxy) is 1. The van der Waals surface area contributed by atoms with Gasteiger partial charge in [0.1, 0.15) is 12.4 Å². The van der Waals surface area contributed by atoms with Crippen LogP contribution in [0.25, 0.3) is 0 Å². The van der Waals surface area contributed by atoms with E-state index in [4.69, 9.17) is 9.16 Å². The van der Waals surface area contributed by atoms with Crippen LogP contribution in [0.3, 0.4) is 0 Å². The highest BCUT2D eigenvalue weighted by atomic mass is 32.2. The average Bonchev–Trinajstić information content (AvgIpc) is 2.55. The second kappa shape index (κ2) is 9.30. The number of aliphatic hydroxyl groups is 1. The Hall–Kier alpha value is -1.25. The number of rotatable bonds is 9. The lowest BCUT2D eigenvalue weighted by molar-refractivity contribution is -0.154. The molecule has 1 aliphatic heterocycles. The number of likely N-dealkylation sites (tertiary alicyclic amines) is 1. The molecule has 0 aromatic carbocycles. The van der Waals surface area contributed by atoms with Gasteiger partial charge in [-0.3, -0.25) is 9.69 Å². The Kier molecular flexibility index (Phi) is 8.19. The minimum absolute atomic E-state index is 0.0192. The second-order valence-corrected chi connectivity index (χ2v) is 13.9. The molecule has 1 N–H and O–H groups in total. The van der Waals surface area contributed by atoms with Crippen LogP contribution >= 0.6 is 11.8 Å². The zero-order valence-electron chi connectivity index (χ0n) is 17.5. The Morgan fingerprint density at radius 1 is 1.41 bits per heavy atom. The molecule has 0 radical (unpaired) electrons. The molecule has 0 aromatic rings. The number of thioether (sulfide) groups is 1. The largest absolute Gasteiger partial charge is 0.510 e. The van der Waals surface area contributed by atoms with Gasteiger partial charge in [0.2, 0.25) is 5.91 Å². The maximum absolute atomic E-state index is 12.7. The summed E-state index contributed by atoms with van der Waals surface area (Å²) in [5, 5.41) is 9.82. The summed E-state index contributed by atoms with van der Waals surface area (Å²) in [5.74, 6) is -1.39. The van der Waals surface area contributed by atoms with Crippen molar-refractivity contribution in [1.82, 2.24) is 4.90 Å². The molecule has 6 nitrogen and oxygen atoms in total. The molecule has 1 saturated heterocycles. The van der Waals surface area contributed by atoms with E-state index in [0.717, 1.165) is 0 Å². The SMILES string of the molecule is C=CCOC(=O)/C(=C(/C)O)N1C(=O)[C@H](CCO[Si](C)(C)C(C)(C)C)[C@H]1SC. The number of amides is 1. The molecule has 0 aromatic heterocycles. The summed E-state index contributed by atoms with van der Waals surface area (Å²) < 4.78 is 11.2. The van der Waals surface area contributed by atoms with E-state index in [1.54, 1.807) is 0 Å². The lowest BCUT2D eigenvalue weighted by atomic mass is 9.93. The number of nitrogens with zero attached hydrogens (tertiary/aromatic N) is 1. The van der Waals surface area contributed by atoms with E-state index in [0.29, 0.717) is 13.0 Å². The first kappa shape index (κ1) is 23.8. The van der Waals surface area contributed by atoms with Crippen molar-refractivity contribution in [2.24, 2.45) is 5.92 Å².